The van der Waals surface area contributed by atoms with Crippen molar-refractivity contribution in [3.8, 4) is 28.8 Å². The first kappa shape index (κ1) is 17.2. The number of carbonyl (C=O) groups excluding carboxylic acids is 1. The van der Waals surface area contributed by atoms with E-state index in [2.05, 4.69) is 27.2 Å². The molecule has 3 rings (SSSR count). The molecule has 6 nitrogen and oxygen atoms in total. The van der Waals surface area contributed by atoms with Crippen LogP contribution in [0.5, 0.6) is 5.75 Å². The number of hydrogen-bond acceptors (Lipinski definition) is 4. The Labute approximate surface area is 151 Å². The highest BCUT2D eigenvalue weighted by Gasteiger charge is 2.13. The summed E-state index contributed by atoms with van der Waals surface area (Å²) in [6.07, 6.45) is 3.30. The van der Waals surface area contributed by atoms with E-state index in [4.69, 9.17) is 4.74 Å². The van der Waals surface area contributed by atoms with Gasteiger partial charge in [-0.05, 0) is 18.2 Å². The number of ether oxygens (including phenoxy) is 1. The third-order valence-corrected chi connectivity index (χ3v) is 3.59. The van der Waals surface area contributed by atoms with Gasteiger partial charge in [0.2, 0.25) is 0 Å². The topological polar surface area (TPSA) is 69.0 Å². The molecule has 0 fully saturated rings. The highest BCUT2D eigenvalue weighted by Crippen LogP contribution is 2.18. The Morgan fingerprint density at radius 2 is 2.04 bits per heavy atom. The first-order valence-electron chi connectivity index (χ1n) is 8.10. The van der Waals surface area contributed by atoms with Gasteiger partial charge in [-0.1, -0.05) is 42.2 Å². The van der Waals surface area contributed by atoms with E-state index in [1.807, 2.05) is 36.4 Å². The predicted molar refractivity (Wildman–Crippen MR) is 98.5 cm³/mol. The molecule has 6 heteroatoms. The van der Waals surface area contributed by atoms with Gasteiger partial charge in [0.05, 0.1) is 18.4 Å². The fourth-order valence-corrected chi connectivity index (χ4v) is 2.31. The maximum Gasteiger partial charge on any atom is 0.270 e. The monoisotopic (exact) mass is 346 g/mol. The van der Waals surface area contributed by atoms with Gasteiger partial charge in [-0.2, -0.15) is 5.10 Å². The molecule has 0 aliphatic heterocycles. The molecule has 0 saturated carbocycles. The molecule has 0 unspecified atom stereocenters. The van der Waals surface area contributed by atoms with Crippen molar-refractivity contribution in [1.29, 1.82) is 0 Å². The second-order valence-electron chi connectivity index (χ2n) is 5.42. The van der Waals surface area contributed by atoms with Gasteiger partial charge < -0.3 is 10.1 Å². The average molecular weight is 346 g/mol. The fraction of sp³-hybridized carbons (Fsp3) is 0.150. The number of amides is 1. The first-order chi connectivity index (χ1) is 12.7. The number of pyridine rings is 1. The third kappa shape index (κ3) is 4.48. The molecule has 0 radical (unpaired) electrons. The quantitative estimate of drug-likeness (QED) is 0.720. The standard InChI is InChI=1S/C20H18N4O2/c1-24-19(14-18(23-24)16-8-3-2-4-9-16)20(25)22-12-5-6-13-26-17-10-7-11-21-15-17/h2-4,7-11,14-15H,12-13H2,1H3,(H,22,25). The van der Waals surface area contributed by atoms with E-state index in [1.54, 1.807) is 36.3 Å². The molecule has 2 heterocycles. The summed E-state index contributed by atoms with van der Waals surface area (Å²) in [6, 6.07) is 15.1. The van der Waals surface area contributed by atoms with Crippen molar-refractivity contribution in [2.45, 2.75) is 0 Å². The Morgan fingerprint density at radius 3 is 2.81 bits per heavy atom. The average Bonchev–Trinajstić information content (AvgIpc) is 3.08. The molecule has 26 heavy (non-hydrogen) atoms. The van der Waals surface area contributed by atoms with Gasteiger partial charge in [-0.25, -0.2) is 0 Å². The first-order valence-corrected chi connectivity index (χ1v) is 8.10. The Hall–Kier alpha value is -3.59. The van der Waals surface area contributed by atoms with E-state index in [-0.39, 0.29) is 19.1 Å². The van der Waals surface area contributed by atoms with E-state index < -0.39 is 0 Å². The maximum atomic E-state index is 12.3. The van der Waals surface area contributed by atoms with Gasteiger partial charge in [0.1, 0.15) is 18.1 Å². The van der Waals surface area contributed by atoms with Crippen LogP contribution in [0.4, 0.5) is 0 Å². The van der Waals surface area contributed by atoms with E-state index in [0.717, 1.165) is 11.3 Å². The lowest BCUT2D eigenvalue weighted by molar-refractivity contribution is 0.0949. The zero-order valence-electron chi connectivity index (χ0n) is 14.3. The molecule has 130 valence electrons. The number of hydrogen-bond donors (Lipinski definition) is 1. The summed E-state index contributed by atoms with van der Waals surface area (Å²) in [5.74, 6) is 6.15. The highest BCUT2D eigenvalue weighted by atomic mass is 16.5. The van der Waals surface area contributed by atoms with Crippen LogP contribution in [0.2, 0.25) is 0 Å². The van der Waals surface area contributed by atoms with Crippen LogP contribution in [0.15, 0.2) is 60.9 Å². The minimum Gasteiger partial charge on any atom is -0.479 e. The fourth-order valence-electron chi connectivity index (χ4n) is 2.31. The van der Waals surface area contributed by atoms with Crippen LogP contribution in [0.25, 0.3) is 11.3 Å². The van der Waals surface area contributed by atoms with E-state index in [1.165, 1.54) is 0 Å². The molecular weight excluding hydrogens is 328 g/mol. The SMILES string of the molecule is Cn1nc(-c2ccccc2)cc1C(=O)NCC#CCOc1cccnc1. The summed E-state index contributed by atoms with van der Waals surface area (Å²) >= 11 is 0. The van der Waals surface area contributed by atoms with Crippen LogP contribution in [0.1, 0.15) is 10.5 Å². The van der Waals surface area contributed by atoms with Gasteiger partial charge in [0.25, 0.3) is 5.91 Å². The molecule has 1 amide bonds. The van der Waals surface area contributed by atoms with Crippen molar-refractivity contribution in [2.75, 3.05) is 13.2 Å². The number of benzene rings is 1. The van der Waals surface area contributed by atoms with Crippen LogP contribution in [0, 0.1) is 11.8 Å². The van der Waals surface area contributed by atoms with Crippen LogP contribution in [-0.2, 0) is 7.05 Å². The Kier molecular flexibility index (Phi) is 5.63. The lowest BCUT2D eigenvalue weighted by atomic mass is 10.1. The normalized spacial score (nSPS) is 9.88. The van der Waals surface area contributed by atoms with Crippen LogP contribution >= 0.6 is 0 Å². The van der Waals surface area contributed by atoms with E-state index >= 15 is 0 Å². The van der Waals surface area contributed by atoms with Gasteiger partial charge in [-0.15, -0.1) is 0 Å². The smallest absolute Gasteiger partial charge is 0.270 e. The van der Waals surface area contributed by atoms with Crippen molar-refractivity contribution in [2.24, 2.45) is 7.05 Å². The number of aromatic nitrogens is 3. The van der Waals surface area contributed by atoms with Crippen LogP contribution in [-0.4, -0.2) is 33.8 Å². The molecular formula is C20H18N4O2. The summed E-state index contributed by atoms with van der Waals surface area (Å²) in [5.41, 5.74) is 2.21. The molecule has 1 N–H and O–H groups in total. The minimum atomic E-state index is -0.218. The summed E-state index contributed by atoms with van der Waals surface area (Å²) in [6.45, 7) is 0.479. The van der Waals surface area contributed by atoms with Crippen molar-refractivity contribution in [3.05, 3.63) is 66.6 Å². The molecule has 0 saturated heterocycles. The van der Waals surface area contributed by atoms with Gasteiger partial charge >= 0.3 is 0 Å². The van der Waals surface area contributed by atoms with Crippen molar-refractivity contribution < 1.29 is 9.53 Å². The van der Waals surface area contributed by atoms with Crippen LogP contribution in [0.3, 0.4) is 0 Å². The highest BCUT2D eigenvalue weighted by molar-refractivity contribution is 5.93. The molecule has 0 aliphatic rings. The number of aryl methyl sites for hydroxylation is 1. The van der Waals surface area contributed by atoms with Crippen molar-refractivity contribution in [3.63, 3.8) is 0 Å². The Morgan fingerprint density at radius 1 is 1.19 bits per heavy atom. The predicted octanol–water partition coefficient (Wildman–Crippen LogP) is 2.29. The van der Waals surface area contributed by atoms with Crippen LogP contribution < -0.4 is 10.1 Å². The lowest BCUT2D eigenvalue weighted by Gasteiger charge is -2.01. The maximum absolute atomic E-state index is 12.3. The molecule has 0 aliphatic carbocycles. The van der Waals surface area contributed by atoms with E-state index in [9.17, 15) is 4.79 Å². The van der Waals surface area contributed by atoms with Crippen molar-refractivity contribution >= 4 is 5.91 Å². The minimum absolute atomic E-state index is 0.218. The van der Waals surface area contributed by atoms with Crippen molar-refractivity contribution in [1.82, 2.24) is 20.1 Å². The number of nitrogens with one attached hydrogen (secondary N) is 1. The summed E-state index contributed by atoms with van der Waals surface area (Å²) < 4.78 is 6.97. The molecule has 0 spiro atoms. The zero-order chi connectivity index (χ0) is 18.2. The Bertz CT molecular complexity index is 925. The number of carbonyl (C=O) groups is 1. The lowest BCUT2D eigenvalue weighted by Crippen LogP contribution is -2.25. The molecule has 0 bridgehead atoms. The molecule has 3 aromatic rings. The number of rotatable bonds is 5. The summed E-state index contributed by atoms with van der Waals surface area (Å²) in [4.78, 5) is 16.2. The largest absolute Gasteiger partial charge is 0.479 e. The molecule has 2 aromatic heterocycles. The van der Waals surface area contributed by atoms with Gasteiger partial charge in [0, 0.05) is 18.8 Å². The van der Waals surface area contributed by atoms with E-state index in [0.29, 0.717) is 11.4 Å². The van der Waals surface area contributed by atoms with Gasteiger partial charge in [-0.3, -0.25) is 14.5 Å². The Balaban J connectivity index is 1.51. The summed E-state index contributed by atoms with van der Waals surface area (Å²) in [7, 11) is 1.74. The van der Waals surface area contributed by atoms with Gasteiger partial charge in [0.15, 0.2) is 0 Å². The molecule has 0 atom stereocenters. The summed E-state index contributed by atoms with van der Waals surface area (Å²) in [5, 5.41) is 7.15. The third-order valence-electron chi connectivity index (χ3n) is 3.59. The second-order valence-corrected chi connectivity index (χ2v) is 5.42. The zero-order valence-corrected chi connectivity index (χ0v) is 14.3. The molecule has 1 aromatic carbocycles. The second kappa shape index (κ2) is 8.49. The number of nitrogens with zero attached hydrogens (tertiary/aromatic N) is 3.